The molecule has 0 spiro atoms. The van der Waals surface area contributed by atoms with Crippen molar-refractivity contribution in [1.29, 1.82) is 0 Å². The Bertz CT molecular complexity index is 779. The topological polar surface area (TPSA) is 118 Å². The number of benzene rings is 2. The zero-order chi connectivity index (χ0) is 17.0. The molecule has 2 rings (SSSR count). The number of azo groups is 1. The lowest BCUT2D eigenvalue weighted by atomic mass is 10.1. The molecule has 0 saturated heterocycles. The number of aliphatic hydroxyl groups is 1. The molecule has 23 heavy (non-hydrogen) atoms. The van der Waals surface area contributed by atoms with Crippen molar-refractivity contribution in [2.24, 2.45) is 10.2 Å². The van der Waals surface area contributed by atoms with E-state index >= 15 is 0 Å². The Kier molecular flexibility index (Phi) is 5.09. The van der Waals surface area contributed by atoms with Crippen LogP contribution in [0.4, 0.5) is 17.1 Å². The number of nitro benzene ring substituents is 1. The molecule has 120 valence electrons. The number of hydrogen-bond donors (Lipinski definition) is 2. The summed E-state index contributed by atoms with van der Waals surface area (Å²) in [6, 6.07) is 6.69. The number of methoxy groups -OCH3 is 1. The molecule has 9 heteroatoms. The van der Waals surface area contributed by atoms with E-state index in [9.17, 15) is 20.3 Å². The molecule has 0 atom stereocenters. The van der Waals surface area contributed by atoms with Crippen molar-refractivity contribution < 1.29 is 19.9 Å². The highest BCUT2D eigenvalue weighted by Gasteiger charge is 2.15. The van der Waals surface area contributed by atoms with Crippen LogP contribution >= 0.6 is 11.6 Å². The molecule has 0 aliphatic heterocycles. The van der Waals surface area contributed by atoms with Crippen LogP contribution in [0.1, 0.15) is 5.56 Å². The summed E-state index contributed by atoms with van der Waals surface area (Å²) in [6.07, 6.45) is 0. The molecule has 0 bridgehead atoms. The van der Waals surface area contributed by atoms with Crippen LogP contribution in [0, 0.1) is 10.1 Å². The lowest BCUT2D eigenvalue weighted by molar-refractivity contribution is -0.384. The number of phenols is 1. The van der Waals surface area contributed by atoms with Gasteiger partial charge in [0.2, 0.25) is 0 Å². The average Bonchev–Trinajstić information content (AvgIpc) is 2.53. The van der Waals surface area contributed by atoms with Crippen LogP contribution in [-0.4, -0.2) is 22.2 Å². The number of aromatic hydroxyl groups is 1. The lowest BCUT2D eigenvalue weighted by Gasteiger charge is -2.07. The second-order valence-electron chi connectivity index (χ2n) is 4.40. The molecule has 0 aromatic heterocycles. The second-order valence-corrected chi connectivity index (χ2v) is 4.84. The van der Waals surface area contributed by atoms with E-state index in [0.717, 1.165) is 0 Å². The molecule has 2 aromatic rings. The molecule has 0 aliphatic carbocycles. The summed E-state index contributed by atoms with van der Waals surface area (Å²) < 4.78 is 5.03. The minimum atomic E-state index is -0.616. The average molecular weight is 338 g/mol. The summed E-state index contributed by atoms with van der Waals surface area (Å²) in [5.41, 5.74) is -0.139. The van der Waals surface area contributed by atoms with Gasteiger partial charge in [0.25, 0.3) is 5.69 Å². The van der Waals surface area contributed by atoms with Crippen molar-refractivity contribution in [3.05, 3.63) is 51.0 Å². The SMILES string of the molecule is COc1cc(CO)c(O)c(N=Nc2cc(Cl)ccc2[N+](=O)[O-])c1. The normalized spacial score (nSPS) is 10.9. The van der Waals surface area contributed by atoms with Gasteiger partial charge in [-0.1, -0.05) is 11.6 Å². The molecule has 0 amide bonds. The number of nitrogens with zero attached hydrogens (tertiary/aromatic N) is 3. The van der Waals surface area contributed by atoms with E-state index < -0.39 is 11.5 Å². The molecule has 0 heterocycles. The van der Waals surface area contributed by atoms with Crippen molar-refractivity contribution in [1.82, 2.24) is 0 Å². The highest BCUT2D eigenvalue weighted by Crippen LogP contribution is 2.37. The van der Waals surface area contributed by atoms with Crippen LogP contribution in [0.25, 0.3) is 0 Å². The molecule has 0 unspecified atom stereocenters. The summed E-state index contributed by atoms with van der Waals surface area (Å²) in [7, 11) is 1.41. The first-order valence-electron chi connectivity index (χ1n) is 6.32. The minimum Gasteiger partial charge on any atom is -0.505 e. The highest BCUT2D eigenvalue weighted by atomic mass is 35.5. The molecular formula is C14H12ClN3O5. The predicted octanol–water partition coefficient (Wildman–Crippen LogP) is 3.87. The quantitative estimate of drug-likeness (QED) is 0.487. The fourth-order valence-corrected chi connectivity index (χ4v) is 1.97. The molecule has 8 nitrogen and oxygen atoms in total. The van der Waals surface area contributed by atoms with Crippen LogP contribution in [0.15, 0.2) is 40.6 Å². The van der Waals surface area contributed by atoms with E-state index in [0.29, 0.717) is 5.75 Å². The fraction of sp³-hybridized carbons (Fsp3) is 0.143. The van der Waals surface area contributed by atoms with E-state index in [-0.39, 0.29) is 33.4 Å². The van der Waals surface area contributed by atoms with Gasteiger partial charge in [-0.15, -0.1) is 10.2 Å². The first-order chi connectivity index (χ1) is 11.0. The third-order valence-corrected chi connectivity index (χ3v) is 3.18. The van der Waals surface area contributed by atoms with Crippen molar-refractivity contribution in [2.75, 3.05) is 7.11 Å². The van der Waals surface area contributed by atoms with E-state index in [1.807, 2.05) is 0 Å². The largest absolute Gasteiger partial charge is 0.505 e. The van der Waals surface area contributed by atoms with Gasteiger partial charge in [0.05, 0.1) is 18.6 Å². The van der Waals surface area contributed by atoms with Crippen LogP contribution in [-0.2, 0) is 6.61 Å². The predicted molar refractivity (Wildman–Crippen MR) is 82.9 cm³/mol. The molecular weight excluding hydrogens is 326 g/mol. The lowest BCUT2D eigenvalue weighted by Crippen LogP contribution is -1.89. The first kappa shape index (κ1) is 16.7. The maximum absolute atomic E-state index is 11.0. The zero-order valence-corrected chi connectivity index (χ0v) is 12.7. The number of aliphatic hydroxyl groups excluding tert-OH is 1. The number of ether oxygens (including phenoxy) is 1. The van der Waals surface area contributed by atoms with Crippen molar-refractivity contribution in [3.63, 3.8) is 0 Å². The van der Waals surface area contributed by atoms with Gasteiger partial charge in [-0.3, -0.25) is 10.1 Å². The van der Waals surface area contributed by atoms with Gasteiger partial charge >= 0.3 is 0 Å². The fourth-order valence-electron chi connectivity index (χ4n) is 1.80. The monoisotopic (exact) mass is 337 g/mol. The molecule has 0 fully saturated rings. The Morgan fingerprint density at radius 1 is 1.26 bits per heavy atom. The van der Waals surface area contributed by atoms with Crippen LogP contribution < -0.4 is 4.74 Å². The van der Waals surface area contributed by atoms with E-state index in [1.54, 1.807) is 0 Å². The van der Waals surface area contributed by atoms with E-state index in [1.165, 1.54) is 37.4 Å². The van der Waals surface area contributed by atoms with Gasteiger partial charge in [0.15, 0.2) is 5.69 Å². The molecule has 2 N–H and O–H groups in total. The Morgan fingerprint density at radius 3 is 2.57 bits per heavy atom. The van der Waals surface area contributed by atoms with Crippen LogP contribution in [0.3, 0.4) is 0 Å². The van der Waals surface area contributed by atoms with Gasteiger partial charge in [0.1, 0.15) is 17.2 Å². The van der Waals surface area contributed by atoms with Gasteiger partial charge in [-0.25, -0.2) is 0 Å². The molecule has 0 saturated carbocycles. The first-order valence-corrected chi connectivity index (χ1v) is 6.70. The standard InChI is InChI=1S/C14H12ClN3O5/c1-23-10-4-8(7-19)14(20)12(6-10)17-16-11-5-9(15)2-3-13(11)18(21)22/h2-6,19-20H,7H2,1H3. The van der Waals surface area contributed by atoms with Crippen molar-refractivity contribution in [3.8, 4) is 11.5 Å². The number of nitro groups is 1. The Morgan fingerprint density at radius 2 is 1.96 bits per heavy atom. The summed E-state index contributed by atoms with van der Waals surface area (Å²) in [5.74, 6) is 0.0584. The highest BCUT2D eigenvalue weighted by molar-refractivity contribution is 6.30. The maximum atomic E-state index is 11.0. The Hall–Kier alpha value is -2.71. The smallest absolute Gasteiger partial charge is 0.296 e. The molecule has 0 aliphatic rings. The maximum Gasteiger partial charge on any atom is 0.296 e. The molecule has 2 aromatic carbocycles. The summed E-state index contributed by atoms with van der Waals surface area (Å²) >= 11 is 5.80. The van der Waals surface area contributed by atoms with Gasteiger partial charge < -0.3 is 14.9 Å². The van der Waals surface area contributed by atoms with Crippen LogP contribution in [0.2, 0.25) is 5.02 Å². The van der Waals surface area contributed by atoms with Crippen molar-refractivity contribution in [2.45, 2.75) is 6.61 Å². The molecule has 0 radical (unpaired) electrons. The third-order valence-electron chi connectivity index (χ3n) is 2.95. The van der Waals surface area contributed by atoms with Gasteiger partial charge in [-0.2, -0.15) is 0 Å². The summed E-state index contributed by atoms with van der Waals surface area (Å²) in [5, 5.41) is 38.0. The second kappa shape index (κ2) is 7.03. The number of rotatable bonds is 5. The number of hydrogen-bond acceptors (Lipinski definition) is 7. The summed E-state index contributed by atoms with van der Waals surface area (Å²) in [4.78, 5) is 10.4. The minimum absolute atomic E-state index is 0.00248. The Balaban J connectivity index is 2.49. The number of halogens is 1. The van der Waals surface area contributed by atoms with Gasteiger partial charge in [-0.05, 0) is 18.2 Å². The van der Waals surface area contributed by atoms with E-state index in [2.05, 4.69) is 10.2 Å². The Labute approximate surface area is 135 Å². The van der Waals surface area contributed by atoms with E-state index in [4.69, 9.17) is 16.3 Å². The van der Waals surface area contributed by atoms with Crippen molar-refractivity contribution >= 4 is 28.7 Å². The third kappa shape index (κ3) is 3.74. The van der Waals surface area contributed by atoms with Crippen LogP contribution in [0.5, 0.6) is 11.5 Å². The summed E-state index contributed by atoms with van der Waals surface area (Å²) in [6.45, 7) is -0.428. The van der Waals surface area contributed by atoms with Gasteiger partial charge in [0, 0.05) is 22.7 Å². The zero-order valence-electron chi connectivity index (χ0n) is 11.9.